The van der Waals surface area contributed by atoms with E-state index in [-0.39, 0.29) is 11.1 Å². The van der Waals surface area contributed by atoms with Crippen LogP contribution in [0.1, 0.15) is 19.6 Å². The summed E-state index contributed by atoms with van der Waals surface area (Å²) in [5.41, 5.74) is 0.496. The second-order valence-corrected chi connectivity index (χ2v) is 7.63. The molecule has 0 amide bonds. The second kappa shape index (κ2) is 7.99. The quantitative estimate of drug-likeness (QED) is 0.561. The van der Waals surface area contributed by atoms with Crippen molar-refractivity contribution in [3.05, 3.63) is 51.2 Å². The van der Waals surface area contributed by atoms with Crippen molar-refractivity contribution in [3.63, 3.8) is 0 Å². The smallest absolute Gasteiger partial charge is 0.281 e. The van der Waals surface area contributed by atoms with E-state index < -0.39 is 4.92 Å². The molecule has 136 valence electrons. The Morgan fingerprint density at radius 1 is 1.28 bits per heavy atom. The van der Waals surface area contributed by atoms with Crippen molar-refractivity contribution < 1.29 is 9.34 Å². The number of nitrogens with one attached hydrogen (secondary N) is 1. The average molecular weight is 366 g/mol. The van der Waals surface area contributed by atoms with Gasteiger partial charge in [-0.1, -0.05) is 25.4 Å². The molecule has 6 nitrogen and oxygen atoms in total. The first-order valence-corrected chi connectivity index (χ1v) is 8.44. The summed E-state index contributed by atoms with van der Waals surface area (Å²) in [5.74, 6) is 1.20. The van der Waals surface area contributed by atoms with Crippen LogP contribution in [0.5, 0.6) is 0 Å². The van der Waals surface area contributed by atoms with Gasteiger partial charge in [0, 0.05) is 24.2 Å². The summed E-state index contributed by atoms with van der Waals surface area (Å²) >= 11 is 5.85. The number of benzene rings is 1. The first-order valence-electron chi connectivity index (χ1n) is 8.06. The van der Waals surface area contributed by atoms with Crippen molar-refractivity contribution >= 4 is 17.3 Å². The minimum absolute atomic E-state index is 0.0616. The Bertz CT molecular complexity index is 741. The molecule has 0 aliphatic carbocycles. The van der Waals surface area contributed by atoms with E-state index in [2.05, 4.69) is 38.2 Å². The maximum absolute atomic E-state index is 11.2. The Morgan fingerprint density at radius 2 is 2.00 bits per heavy atom. The van der Waals surface area contributed by atoms with Crippen molar-refractivity contribution in [1.82, 2.24) is 10.2 Å². The zero-order valence-electron chi connectivity index (χ0n) is 15.0. The molecule has 0 spiro atoms. The normalized spacial score (nSPS) is 11.9. The van der Waals surface area contributed by atoms with Crippen LogP contribution in [-0.4, -0.2) is 37.0 Å². The number of nitro groups is 1. The van der Waals surface area contributed by atoms with Crippen LogP contribution in [0.15, 0.2) is 34.7 Å². The van der Waals surface area contributed by atoms with Crippen LogP contribution in [0.25, 0.3) is 11.3 Å². The number of nitrogens with zero attached hydrogens (tertiary/aromatic N) is 2. The SMILES string of the molecule is CN(C)CC(C)(C)CNCc1ccc(-c2ccc(Cl)cc2[N+](=O)[O-])o1. The zero-order valence-corrected chi connectivity index (χ0v) is 15.8. The molecule has 2 aromatic rings. The van der Waals surface area contributed by atoms with Crippen molar-refractivity contribution in [3.8, 4) is 11.3 Å². The van der Waals surface area contributed by atoms with Gasteiger partial charge in [-0.2, -0.15) is 0 Å². The lowest BCUT2D eigenvalue weighted by atomic mass is 9.93. The Kier molecular flexibility index (Phi) is 6.21. The molecule has 0 saturated heterocycles. The summed E-state index contributed by atoms with van der Waals surface area (Å²) in [6, 6.07) is 8.14. The average Bonchev–Trinajstić information content (AvgIpc) is 2.94. The highest BCUT2D eigenvalue weighted by molar-refractivity contribution is 6.30. The van der Waals surface area contributed by atoms with Crippen molar-refractivity contribution in [1.29, 1.82) is 0 Å². The largest absolute Gasteiger partial charge is 0.459 e. The lowest BCUT2D eigenvalue weighted by Crippen LogP contribution is -2.37. The van der Waals surface area contributed by atoms with Crippen LogP contribution in [0.3, 0.4) is 0 Å². The molecule has 25 heavy (non-hydrogen) atoms. The van der Waals surface area contributed by atoms with Crippen molar-refractivity contribution in [2.75, 3.05) is 27.2 Å². The molecule has 1 N–H and O–H groups in total. The van der Waals surface area contributed by atoms with E-state index in [0.29, 0.717) is 22.9 Å². The number of nitro benzene ring substituents is 1. The molecule has 2 rings (SSSR count). The van der Waals surface area contributed by atoms with Gasteiger partial charge < -0.3 is 14.6 Å². The molecule has 0 bridgehead atoms. The van der Waals surface area contributed by atoms with Crippen molar-refractivity contribution in [2.45, 2.75) is 20.4 Å². The topological polar surface area (TPSA) is 71.5 Å². The van der Waals surface area contributed by atoms with Gasteiger partial charge in [0.15, 0.2) is 0 Å². The first-order chi connectivity index (χ1) is 11.7. The number of furan rings is 1. The third-order valence-electron chi connectivity index (χ3n) is 3.73. The van der Waals surface area contributed by atoms with Gasteiger partial charge in [-0.3, -0.25) is 10.1 Å². The fourth-order valence-electron chi connectivity index (χ4n) is 2.92. The summed E-state index contributed by atoms with van der Waals surface area (Å²) in [6.45, 7) is 6.77. The highest BCUT2D eigenvalue weighted by atomic mass is 35.5. The third-order valence-corrected chi connectivity index (χ3v) is 3.97. The molecule has 1 heterocycles. The van der Waals surface area contributed by atoms with Gasteiger partial charge in [0.25, 0.3) is 5.69 Å². The van der Waals surface area contributed by atoms with Crippen LogP contribution in [0, 0.1) is 15.5 Å². The molecule has 1 aromatic heterocycles. The van der Waals surface area contributed by atoms with Crippen LogP contribution >= 0.6 is 11.6 Å². The Hall–Kier alpha value is -1.89. The first kappa shape index (κ1) is 19.4. The standard InChI is InChI=1S/C18H24ClN3O3/c1-18(2,12-21(3)4)11-20-10-14-6-8-17(25-14)15-7-5-13(19)9-16(15)22(23)24/h5-9,20H,10-12H2,1-4H3. The summed E-state index contributed by atoms with van der Waals surface area (Å²) in [5, 5.41) is 14.9. The summed E-state index contributed by atoms with van der Waals surface area (Å²) in [4.78, 5) is 12.9. The molecule has 7 heteroatoms. The van der Waals surface area contributed by atoms with E-state index in [9.17, 15) is 10.1 Å². The lowest BCUT2D eigenvalue weighted by Gasteiger charge is -2.28. The molecule has 0 radical (unpaired) electrons. The minimum atomic E-state index is -0.453. The van der Waals surface area contributed by atoms with E-state index in [1.807, 2.05) is 6.07 Å². The molecule has 1 aromatic carbocycles. The van der Waals surface area contributed by atoms with Gasteiger partial charge in [-0.15, -0.1) is 0 Å². The Labute approximate surface area is 152 Å². The van der Waals surface area contributed by atoms with E-state index in [1.54, 1.807) is 18.2 Å². The number of hydrogen-bond donors (Lipinski definition) is 1. The molecule has 0 unspecified atom stereocenters. The van der Waals surface area contributed by atoms with Crippen LogP contribution in [0.2, 0.25) is 5.02 Å². The third kappa shape index (κ3) is 5.56. The zero-order chi connectivity index (χ0) is 18.6. The number of rotatable bonds is 8. The number of halogens is 1. The summed E-state index contributed by atoms with van der Waals surface area (Å²) in [7, 11) is 4.11. The van der Waals surface area contributed by atoms with Gasteiger partial charge in [-0.05, 0) is 43.8 Å². The van der Waals surface area contributed by atoms with Gasteiger partial charge in [-0.25, -0.2) is 0 Å². The maximum Gasteiger partial charge on any atom is 0.281 e. The van der Waals surface area contributed by atoms with Crippen LogP contribution < -0.4 is 5.32 Å². The van der Waals surface area contributed by atoms with E-state index in [0.717, 1.165) is 18.8 Å². The monoisotopic (exact) mass is 365 g/mol. The maximum atomic E-state index is 11.2. The fraction of sp³-hybridized carbons (Fsp3) is 0.444. The Balaban J connectivity index is 2.05. The Morgan fingerprint density at radius 3 is 2.64 bits per heavy atom. The predicted octanol–water partition coefficient (Wildman–Crippen LogP) is 4.19. The van der Waals surface area contributed by atoms with Crippen LogP contribution in [-0.2, 0) is 6.54 Å². The molecule has 0 atom stereocenters. The lowest BCUT2D eigenvalue weighted by molar-refractivity contribution is -0.384. The number of hydrogen-bond acceptors (Lipinski definition) is 5. The van der Waals surface area contributed by atoms with E-state index in [1.165, 1.54) is 6.07 Å². The second-order valence-electron chi connectivity index (χ2n) is 7.19. The summed E-state index contributed by atoms with van der Waals surface area (Å²) in [6.07, 6.45) is 0. The summed E-state index contributed by atoms with van der Waals surface area (Å²) < 4.78 is 5.78. The van der Waals surface area contributed by atoms with Gasteiger partial charge in [0.1, 0.15) is 11.5 Å². The van der Waals surface area contributed by atoms with E-state index >= 15 is 0 Å². The molecule has 0 aliphatic rings. The van der Waals surface area contributed by atoms with Crippen LogP contribution in [0.4, 0.5) is 5.69 Å². The van der Waals surface area contributed by atoms with Gasteiger partial charge >= 0.3 is 0 Å². The molecule has 0 fully saturated rings. The molecular formula is C18H24ClN3O3. The van der Waals surface area contributed by atoms with Gasteiger partial charge in [0.05, 0.1) is 17.0 Å². The van der Waals surface area contributed by atoms with Crippen molar-refractivity contribution in [2.24, 2.45) is 5.41 Å². The molecule has 0 saturated carbocycles. The van der Waals surface area contributed by atoms with E-state index in [4.69, 9.17) is 16.0 Å². The molecular weight excluding hydrogens is 342 g/mol. The fourth-order valence-corrected chi connectivity index (χ4v) is 3.08. The van der Waals surface area contributed by atoms with Gasteiger partial charge in [0.2, 0.25) is 0 Å². The predicted molar refractivity (Wildman–Crippen MR) is 99.9 cm³/mol. The minimum Gasteiger partial charge on any atom is -0.459 e. The molecule has 0 aliphatic heterocycles. The highest BCUT2D eigenvalue weighted by Crippen LogP contribution is 2.33. The highest BCUT2D eigenvalue weighted by Gasteiger charge is 2.20.